The number of hydrogen-bond acceptors (Lipinski definition) is 4. The summed E-state index contributed by atoms with van der Waals surface area (Å²) in [5.41, 5.74) is 0. The number of likely N-dealkylation sites (tertiary alicyclic amines) is 1. The number of methoxy groups -OCH3 is 1. The summed E-state index contributed by atoms with van der Waals surface area (Å²) in [7, 11) is 1.35. The van der Waals surface area contributed by atoms with Crippen molar-refractivity contribution in [2.75, 3.05) is 20.2 Å². The van der Waals surface area contributed by atoms with Crippen molar-refractivity contribution >= 4 is 18.0 Å². The average Bonchev–Trinajstić information content (AvgIpc) is 2.43. The molecule has 0 radical (unpaired) electrons. The number of piperidine rings is 1. The Kier molecular flexibility index (Phi) is 5.59. The molecule has 1 heterocycles. The first-order valence-electron chi connectivity index (χ1n) is 6.35. The molecule has 0 bridgehead atoms. The lowest BCUT2D eigenvalue weighted by Crippen LogP contribution is -2.50. The molecule has 7 heteroatoms. The standard InChI is InChI=1S/C12H20N2O5/c1-3-9(10(15)16)13-12(18)14-6-4-8(5-7-14)11(17)19-2/h8-9H,3-7H2,1-2H3,(H,13,18)(H,15,16). The molecule has 1 atom stereocenters. The van der Waals surface area contributed by atoms with E-state index in [-0.39, 0.29) is 11.9 Å². The summed E-state index contributed by atoms with van der Waals surface area (Å²) < 4.78 is 4.66. The van der Waals surface area contributed by atoms with Crippen molar-refractivity contribution in [1.82, 2.24) is 10.2 Å². The van der Waals surface area contributed by atoms with E-state index in [4.69, 9.17) is 5.11 Å². The molecule has 0 aliphatic carbocycles. The Morgan fingerprint density at radius 1 is 1.37 bits per heavy atom. The molecule has 1 aliphatic heterocycles. The highest BCUT2D eigenvalue weighted by Crippen LogP contribution is 2.18. The second-order valence-electron chi connectivity index (χ2n) is 4.53. The molecule has 1 fully saturated rings. The maximum absolute atomic E-state index is 11.9. The number of carboxylic acids is 1. The van der Waals surface area contributed by atoms with Gasteiger partial charge in [0.15, 0.2) is 0 Å². The summed E-state index contributed by atoms with van der Waals surface area (Å²) in [6.45, 7) is 2.56. The van der Waals surface area contributed by atoms with E-state index in [1.165, 1.54) is 12.0 Å². The lowest BCUT2D eigenvalue weighted by molar-refractivity contribution is -0.146. The first-order chi connectivity index (χ1) is 8.99. The minimum absolute atomic E-state index is 0.171. The molecule has 1 saturated heterocycles. The lowest BCUT2D eigenvalue weighted by atomic mass is 9.97. The van der Waals surface area contributed by atoms with Crippen LogP contribution in [-0.2, 0) is 14.3 Å². The number of urea groups is 1. The van der Waals surface area contributed by atoms with Crippen LogP contribution in [0.5, 0.6) is 0 Å². The van der Waals surface area contributed by atoms with Crippen LogP contribution in [0.2, 0.25) is 0 Å². The Balaban J connectivity index is 2.44. The first-order valence-corrected chi connectivity index (χ1v) is 6.35. The van der Waals surface area contributed by atoms with Crippen molar-refractivity contribution in [3.05, 3.63) is 0 Å². The van der Waals surface area contributed by atoms with Gasteiger partial charge >= 0.3 is 18.0 Å². The summed E-state index contributed by atoms with van der Waals surface area (Å²) >= 11 is 0. The number of carbonyl (C=O) groups excluding carboxylic acids is 2. The molecule has 2 amide bonds. The van der Waals surface area contributed by atoms with Gasteiger partial charge in [-0.1, -0.05) is 6.92 Å². The van der Waals surface area contributed by atoms with Crippen molar-refractivity contribution in [2.24, 2.45) is 5.92 Å². The highest BCUT2D eigenvalue weighted by molar-refractivity contribution is 5.82. The van der Waals surface area contributed by atoms with E-state index in [1.54, 1.807) is 6.92 Å². The predicted octanol–water partition coefficient (Wildman–Crippen LogP) is 0.444. The number of carbonyl (C=O) groups is 3. The van der Waals surface area contributed by atoms with E-state index in [9.17, 15) is 14.4 Å². The van der Waals surface area contributed by atoms with Crippen LogP contribution < -0.4 is 5.32 Å². The van der Waals surface area contributed by atoms with E-state index in [0.29, 0.717) is 32.4 Å². The van der Waals surface area contributed by atoms with Crippen molar-refractivity contribution in [3.8, 4) is 0 Å². The van der Waals surface area contributed by atoms with E-state index in [2.05, 4.69) is 10.1 Å². The summed E-state index contributed by atoms with van der Waals surface area (Å²) in [5, 5.41) is 11.3. The highest BCUT2D eigenvalue weighted by Gasteiger charge is 2.29. The van der Waals surface area contributed by atoms with Crippen molar-refractivity contribution < 1.29 is 24.2 Å². The van der Waals surface area contributed by atoms with Gasteiger partial charge in [0.25, 0.3) is 0 Å². The molecule has 2 N–H and O–H groups in total. The zero-order chi connectivity index (χ0) is 14.4. The van der Waals surface area contributed by atoms with Crippen LogP contribution >= 0.6 is 0 Å². The normalized spacial score (nSPS) is 17.7. The van der Waals surface area contributed by atoms with Crippen molar-refractivity contribution in [2.45, 2.75) is 32.2 Å². The molecule has 108 valence electrons. The van der Waals surface area contributed by atoms with Crippen LogP contribution in [0.3, 0.4) is 0 Å². The molecule has 1 rings (SSSR count). The van der Waals surface area contributed by atoms with Crippen LogP contribution in [0.1, 0.15) is 26.2 Å². The fourth-order valence-corrected chi connectivity index (χ4v) is 2.06. The molecule has 0 saturated carbocycles. The van der Waals surface area contributed by atoms with Gasteiger partial charge in [-0.2, -0.15) is 0 Å². The van der Waals surface area contributed by atoms with Gasteiger partial charge in [0.1, 0.15) is 6.04 Å². The number of carboxylic acid groups (broad SMARTS) is 1. The zero-order valence-corrected chi connectivity index (χ0v) is 11.2. The molecule has 7 nitrogen and oxygen atoms in total. The van der Waals surface area contributed by atoms with Gasteiger partial charge in [-0.3, -0.25) is 4.79 Å². The molecular formula is C12H20N2O5. The monoisotopic (exact) mass is 272 g/mol. The van der Waals surface area contributed by atoms with E-state index in [1.807, 2.05) is 0 Å². The van der Waals surface area contributed by atoms with E-state index < -0.39 is 18.0 Å². The molecule has 0 aromatic rings. The van der Waals surface area contributed by atoms with Gasteiger partial charge in [-0.25, -0.2) is 9.59 Å². The molecule has 0 aromatic carbocycles. The number of aliphatic carboxylic acids is 1. The van der Waals surface area contributed by atoms with Gasteiger partial charge in [-0.05, 0) is 19.3 Å². The maximum Gasteiger partial charge on any atom is 0.326 e. The Labute approximate surface area is 111 Å². The maximum atomic E-state index is 11.9. The first kappa shape index (κ1) is 15.3. The van der Waals surface area contributed by atoms with Crippen molar-refractivity contribution in [1.29, 1.82) is 0 Å². The molecule has 0 aromatic heterocycles. The van der Waals surface area contributed by atoms with Gasteiger partial charge in [0.05, 0.1) is 13.0 Å². The fraction of sp³-hybridized carbons (Fsp3) is 0.750. The minimum atomic E-state index is -1.04. The predicted molar refractivity (Wildman–Crippen MR) is 66.6 cm³/mol. The second kappa shape index (κ2) is 6.96. The van der Waals surface area contributed by atoms with E-state index in [0.717, 1.165) is 0 Å². The van der Waals surface area contributed by atoms with Gasteiger partial charge in [0, 0.05) is 13.1 Å². The summed E-state index contributed by atoms with van der Waals surface area (Å²) in [4.78, 5) is 35.6. The SMILES string of the molecule is CCC(NC(=O)N1CCC(C(=O)OC)CC1)C(=O)O. The highest BCUT2D eigenvalue weighted by atomic mass is 16.5. The fourth-order valence-electron chi connectivity index (χ4n) is 2.06. The Morgan fingerprint density at radius 3 is 2.37 bits per heavy atom. The van der Waals surface area contributed by atoms with Gasteiger partial charge in [0.2, 0.25) is 0 Å². The molecule has 19 heavy (non-hydrogen) atoms. The Morgan fingerprint density at radius 2 is 1.95 bits per heavy atom. The number of hydrogen-bond donors (Lipinski definition) is 2. The zero-order valence-electron chi connectivity index (χ0n) is 11.2. The van der Waals surface area contributed by atoms with Crippen LogP contribution in [0.15, 0.2) is 0 Å². The Bertz CT molecular complexity index is 350. The third-order valence-electron chi connectivity index (χ3n) is 3.32. The molecule has 1 aliphatic rings. The number of amides is 2. The quantitative estimate of drug-likeness (QED) is 0.724. The number of ether oxygens (including phenoxy) is 1. The topological polar surface area (TPSA) is 95.9 Å². The van der Waals surface area contributed by atoms with Crippen LogP contribution in [-0.4, -0.2) is 54.2 Å². The molecular weight excluding hydrogens is 252 g/mol. The third kappa shape index (κ3) is 4.11. The summed E-state index contributed by atoms with van der Waals surface area (Å²) in [6, 6.07) is -1.26. The Hall–Kier alpha value is -1.79. The number of nitrogens with one attached hydrogen (secondary N) is 1. The summed E-state index contributed by atoms with van der Waals surface area (Å²) in [6.07, 6.45) is 1.42. The second-order valence-corrected chi connectivity index (χ2v) is 4.53. The third-order valence-corrected chi connectivity index (χ3v) is 3.32. The molecule has 1 unspecified atom stereocenters. The lowest BCUT2D eigenvalue weighted by Gasteiger charge is -2.31. The number of nitrogens with zero attached hydrogens (tertiary/aromatic N) is 1. The van der Waals surface area contributed by atoms with Crippen LogP contribution in [0, 0.1) is 5.92 Å². The summed E-state index contributed by atoms with van der Waals surface area (Å²) in [5.74, 6) is -1.46. The number of rotatable bonds is 4. The molecule has 0 spiro atoms. The largest absolute Gasteiger partial charge is 0.480 e. The van der Waals surface area contributed by atoms with Gasteiger partial charge in [-0.15, -0.1) is 0 Å². The smallest absolute Gasteiger partial charge is 0.326 e. The van der Waals surface area contributed by atoms with Gasteiger partial charge < -0.3 is 20.1 Å². The minimum Gasteiger partial charge on any atom is -0.480 e. The average molecular weight is 272 g/mol. The number of esters is 1. The van der Waals surface area contributed by atoms with Crippen LogP contribution in [0.4, 0.5) is 4.79 Å². The van der Waals surface area contributed by atoms with E-state index >= 15 is 0 Å². The van der Waals surface area contributed by atoms with Crippen molar-refractivity contribution in [3.63, 3.8) is 0 Å². The van der Waals surface area contributed by atoms with Crippen LogP contribution in [0.25, 0.3) is 0 Å².